The molecule has 0 bridgehead atoms. The van der Waals surface area contributed by atoms with Crippen molar-refractivity contribution in [3.05, 3.63) is 17.5 Å². The van der Waals surface area contributed by atoms with Gasteiger partial charge in [-0.3, -0.25) is 4.79 Å². The van der Waals surface area contributed by atoms with E-state index in [9.17, 15) is 4.79 Å². The van der Waals surface area contributed by atoms with Gasteiger partial charge in [-0.2, -0.15) is 0 Å². The first-order valence-electron chi connectivity index (χ1n) is 3.83. The number of terminal acetylenes is 1. The van der Waals surface area contributed by atoms with Crippen molar-refractivity contribution in [1.29, 1.82) is 0 Å². The number of amides is 1. The van der Waals surface area contributed by atoms with E-state index < -0.39 is 0 Å². The molecule has 4 nitrogen and oxygen atoms in total. The summed E-state index contributed by atoms with van der Waals surface area (Å²) in [6, 6.07) is -0.308. The third kappa shape index (κ3) is 2.09. The predicted molar refractivity (Wildman–Crippen MR) is 47.0 cm³/mol. The van der Waals surface area contributed by atoms with Crippen molar-refractivity contribution < 1.29 is 9.32 Å². The van der Waals surface area contributed by atoms with Gasteiger partial charge in [0.05, 0.1) is 12.2 Å². The third-order valence-corrected chi connectivity index (χ3v) is 1.55. The fourth-order valence-corrected chi connectivity index (χ4v) is 0.813. The molecular weight excluding hydrogens is 168 g/mol. The summed E-state index contributed by atoms with van der Waals surface area (Å²) in [6.07, 6.45) is 6.58. The fraction of sp³-hybridized carbons (Fsp3) is 0.333. The lowest BCUT2D eigenvalue weighted by Crippen LogP contribution is -2.31. The molecule has 0 fully saturated rings. The summed E-state index contributed by atoms with van der Waals surface area (Å²) in [5.74, 6) is 2.26. The van der Waals surface area contributed by atoms with Gasteiger partial charge >= 0.3 is 0 Å². The summed E-state index contributed by atoms with van der Waals surface area (Å²) < 4.78 is 4.74. The van der Waals surface area contributed by atoms with Crippen LogP contribution in [-0.2, 0) is 0 Å². The summed E-state index contributed by atoms with van der Waals surface area (Å²) in [5.41, 5.74) is 0.696. The number of aryl methyl sites for hydroxylation is 1. The van der Waals surface area contributed by atoms with Crippen LogP contribution in [-0.4, -0.2) is 17.1 Å². The summed E-state index contributed by atoms with van der Waals surface area (Å²) in [7, 11) is 0. The molecule has 1 heterocycles. The van der Waals surface area contributed by atoms with E-state index in [1.54, 1.807) is 13.8 Å². The second-order valence-electron chi connectivity index (χ2n) is 2.70. The first-order chi connectivity index (χ1) is 6.15. The molecule has 1 aromatic rings. The largest absolute Gasteiger partial charge is 0.351 e. The number of hydrogen-bond donors (Lipinski definition) is 1. The van der Waals surface area contributed by atoms with E-state index in [1.807, 2.05) is 0 Å². The molecule has 68 valence electrons. The molecule has 1 amide bonds. The van der Waals surface area contributed by atoms with Crippen molar-refractivity contribution in [2.75, 3.05) is 0 Å². The highest BCUT2D eigenvalue weighted by Gasteiger charge is 2.14. The molecule has 1 aromatic heterocycles. The fourth-order valence-electron chi connectivity index (χ4n) is 0.813. The van der Waals surface area contributed by atoms with Crippen LogP contribution in [0.15, 0.2) is 10.7 Å². The van der Waals surface area contributed by atoms with Gasteiger partial charge in [-0.05, 0) is 13.8 Å². The molecule has 1 atom stereocenters. The summed E-state index contributed by atoms with van der Waals surface area (Å²) in [4.78, 5) is 11.4. The molecule has 0 radical (unpaired) electrons. The summed E-state index contributed by atoms with van der Waals surface area (Å²) in [6.45, 7) is 3.45. The highest BCUT2D eigenvalue weighted by atomic mass is 16.5. The Bertz CT molecular complexity index is 349. The van der Waals surface area contributed by atoms with Gasteiger partial charge < -0.3 is 9.84 Å². The van der Waals surface area contributed by atoms with E-state index in [4.69, 9.17) is 10.9 Å². The topological polar surface area (TPSA) is 55.1 Å². The highest BCUT2D eigenvalue weighted by Crippen LogP contribution is 2.05. The number of hydrogen-bond acceptors (Lipinski definition) is 3. The average molecular weight is 178 g/mol. The van der Waals surface area contributed by atoms with Crippen molar-refractivity contribution >= 4 is 5.91 Å². The molecule has 0 saturated heterocycles. The molecule has 4 heteroatoms. The molecule has 1 rings (SSSR count). The number of carbonyl (C=O) groups is 1. The molecule has 0 saturated carbocycles. The van der Waals surface area contributed by atoms with E-state index in [0.717, 1.165) is 0 Å². The molecule has 1 N–H and O–H groups in total. The van der Waals surface area contributed by atoms with Crippen LogP contribution in [0.1, 0.15) is 23.0 Å². The van der Waals surface area contributed by atoms with Crippen molar-refractivity contribution in [1.82, 2.24) is 10.5 Å². The lowest BCUT2D eigenvalue weighted by Gasteiger charge is -2.04. The zero-order valence-electron chi connectivity index (χ0n) is 7.50. The van der Waals surface area contributed by atoms with E-state index in [1.165, 1.54) is 6.20 Å². The van der Waals surface area contributed by atoms with Crippen LogP contribution in [0.3, 0.4) is 0 Å². The average Bonchev–Trinajstić information content (AvgIpc) is 2.51. The number of rotatable bonds is 2. The predicted octanol–water partition coefficient (Wildman–Crippen LogP) is 0.735. The van der Waals surface area contributed by atoms with Gasteiger partial charge in [0.1, 0.15) is 0 Å². The summed E-state index contributed by atoms with van der Waals surface area (Å²) >= 11 is 0. The van der Waals surface area contributed by atoms with Crippen molar-refractivity contribution in [3.63, 3.8) is 0 Å². The zero-order valence-corrected chi connectivity index (χ0v) is 7.50. The van der Waals surface area contributed by atoms with Gasteiger partial charge in [0.25, 0.3) is 5.91 Å². The Labute approximate surface area is 76.3 Å². The summed E-state index contributed by atoms with van der Waals surface area (Å²) in [5, 5.41) is 6.05. The number of carbonyl (C=O) groups excluding carboxylic acids is 1. The van der Waals surface area contributed by atoms with Gasteiger partial charge in [-0.15, -0.1) is 6.42 Å². The second-order valence-corrected chi connectivity index (χ2v) is 2.70. The Morgan fingerprint density at radius 3 is 3.00 bits per heavy atom. The van der Waals surface area contributed by atoms with E-state index >= 15 is 0 Å². The maximum atomic E-state index is 11.4. The SMILES string of the molecule is C#CC(C)NC(=O)c1oncc1C. The minimum absolute atomic E-state index is 0.210. The van der Waals surface area contributed by atoms with Crippen LogP contribution >= 0.6 is 0 Å². The van der Waals surface area contributed by atoms with E-state index in [2.05, 4.69) is 16.4 Å². The van der Waals surface area contributed by atoms with Gasteiger partial charge in [-0.25, -0.2) is 0 Å². The van der Waals surface area contributed by atoms with Gasteiger partial charge in [0, 0.05) is 5.56 Å². The van der Waals surface area contributed by atoms with Crippen LogP contribution in [0.5, 0.6) is 0 Å². The van der Waals surface area contributed by atoms with Crippen LogP contribution in [0.2, 0.25) is 0 Å². The van der Waals surface area contributed by atoms with Crippen LogP contribution in [0.25, 0.3) is 0 Å². The number of nitrogens with one attached hydrogen (secondary N) is 1. The standard InChI is InChI=1S/C9H10N2O2/c1-4-7(3)11-9(12)8-6(2)5-10-13-8/h1,5,7H,2-3H3,(H,11,12). The van der Waals surface area contributed by atoms with Gasteiger partial charge in [-0.1, -0.05) is 11.1 Å². The lowest BCUT2D eigenvalue weighted by atomic mass is 10.2. The van der Waals surface area contributed by atoms with Crippen LogP contribution < -0.4 is 5.32 Å². The first kappa shape index (κ1) is 9.33. The smallest absolute Gasteiger partial charge is 0.291 e. The maximum absolute atomic E-state index is 11.4. The quantitative estimate of drug-likeness (QED) is 0.679. The molecule has 1 unspecified atom stereocenters. The monoisotopic (exact) mass is 178 g/mol. The lowest BCUT2D eigenvalue weighted by molar-refractivity contribution is 0.0910. The molecule has 0 aliphatic rings. The van der Waals surface area contributed by atoms with E-state index in [0.29, 0.717) is 5.56 Å². The van der Waals surface area contributed by atoms with Crippen molar-refractivity contribution in [2.24, 2.45) is 0 Å². The molecule has 0 aliphatic carbocycles. The molecule has 0 aliphatic heterocycles. The Morgan fingerprint density at radius 2 is 2.54 bits per heavy atom. The first-order valence-corrected chi connectivity index (χ1v) is 3.83. The van der Waals surface area contributed by atoms with Gasteiger partial charge in [0.15, 0.2) is 0 Å². The Hall–Kier alpha value is -1.76. The molecule has 13 heavy (non-hydrogen) atoms. The maximum Gasteiger partial charge on any atom is 0.291 e. The minimum atomic E-state index is -0.333. The second kappa shape index (κ2) is 3.76. The van der Waals surface area contributed by atoms with E-state index in [-0.39, 0.29) is 17.7 Å². The molecule has 0 aromatic carbocycles. The highest BCUT2D eigenvalue weighted by molar-refractivity contribution is 5.92. The van der Waals surface area contributed by atoms with Crippen LogP contribution in [0, 0.1) is 19.3 Å². The Morgan fingerprint density at radius 1 is 1.85 bits per heavy atom. The zero-order chi connectivity index (χ0) is 9.84. The number of aromatic nitrogens is 1. The van der Waals surface area contributed by atoms with Crippen molar-refractivity contribution in [2.45, 2.75) is 19.9 Å². The van der Waals surface area contributed by atoms with Crippen molar-refractivity contribution in [3.8, 4) is 12.3 Å². The Balaban J connectivity index is 2.71. The molecular formula is C9H10N2O2. The minimum Gasteiger partial charge on any atom is -0.351 e. The number of nitrogens with zero attached hydrogens (tertiary/aromatic N) is 1. The van der Waals surface area contributed by atoms with Gasteiger partial charge in [0.2, 0.25) is 5.76 Å². The molecule has 0 spiro atoms. The Kier molecular flexibility index (Phi) is 2.70. The third-order valence-electron chi connectivity index (χ3n) is 1.55. The normalized spacial score (nSPS) is 11.8. The van der Waals surface area contributed by atoms with Crippen LogP contribution in [0.4, 0.5) is 0 Å².